The quantitative estimate of drug-likeness (QED) is 0.198. The summed E-state index contributed by atoms with van der Waals surface area (Å²) in [6.45, 7) is 5.89. The maximum Gasteiger partial charge on any atom is 0.295 e. The highest BCUT2D eigenvalue weighted by molar-refractivity contribution is 6.46. The van der Waals surface area contributed by atoms with Crippen LogP contribution in [0.3, 0.4) is 0 Å². The Kier molecular flexibility index (Phi) is 8.47. The smallest absolute Gasteiger partial charge is 0.295 e. The van der Waals surface area contributed by atoms with E-state index in [1.807, 2.05) is 36.4 Å². The van der Waals surface area contributed by atoms with E-state index in [-0.39, 0.29) is 17.9 Å². The fourth-order valence-electron chi connectivity index (χ4n) is 5.08. The first-order valence-electron chi connectivity index (χ1n) is 13.9. The molecule has 1 N–H and O–H groups in total. The van der Waals surface area contributed by atoms with Crippen LogP contribution in [0.1, 0.15) is 43.0 Å². The van der Waals surface area contributed by atoms with Crippen molar-refractivity contribution in [1.82, 2.24) is 4.90 Å². The summed E-state index contributed by atoms with van der Waals surface area (Å²) >= 11 is 0. The number of likely N-dealkylation sites (tertiary alicyclic amines) is 1. The molecule has 1 saturated heterocycles. The zero-order valence-electron chi connectivity index (χ0n) is 23.6. The van der Waals surface area contributed by atoms with Gasteiger partial charge in [0.05, 0.1) is 25.3 Å². The van der Waals surface area contributed by atoms with Gasteiger partial charge in [-0.05, 0) is 60.2 Å². The summed E-state index contributed by atoms with van der Waals surface area (Å²) in [6.07, 6.45) is 1.43. The summed E-state index contributed by atoms with van der Waals surface area (Å²) in [5, 5.41) is 11.5. The van der Waals surface area contributed by atoms with Crippen LogP contribution in [0.2, 0.25) is 0 Å². The highest BCUT2D eigenvalue weighted by atomic mass is 16.6. The molecule has 0 bridgehead atoms. The van der Waals surface area contributed by atoms with Gasteiger partial charge in [0.15, 0.2) is 23.0 Å². The Morgan fingerprint density at radius 3 is 2.46 bits per heavy atom. The van der Waals surface area contributed by atoms with Gasteiger partial charge in [-0.25, -0.2) is 0 Å². The van der Waals surface area contributed by atoms with Crippen molar-refractivity contribution in [2.24, 2.45) is 5.92 Å². The van der Waals surface area contributed by atoms with Crippen molar-refractivity contribution in [2.45, 2.75) is 32.7 Å². The molecule has 2 aliphatic rings. The van der Waals surface area contributed by atoms with E-state index in [0.29, 0.717) is 66.3 Å². The van der Waals surface area contributed by atoms with E-state index in [2.05, 4.69) is 13.8 Å². The minimum absolute atomic E-state index is 0.00951. The Balaban J connectivity index is 1.55. The lowest BCUT2D eigenvalue weighted by Gasteiger charge is -2.26. The van der Waals surface area contributed by atoms with Crippen LogP contribution in [0.15, 0.2) is 72.3 Å². The molecule has 8 heteroatoms. The second kappa shape index (κ2) is 12.4. The van der Waals surface area contributed by atoms with Crippen molar-refractivity contribution in [3.8, 4) is 23.0 Å². The molecule has 8 nitrogen and oxygen atoms in total. The number of carbonyl (C=O) groups is 2. The number of aliphatic hydroxyl groups excluding tert-OH is 1. The number of ether oxygens (including phenoxy) is 4. The molecule has 5 rings (SSSR count). The van der Waals surface area contributed by atoms with E-state index in [1.54, 1.807) is 37.4 Å². The molecular weight excluding hydrogens is 522 g/mol. The van der Waals surface area contributed by atoms with Crippen LogP contribution >= 0.6 is 0 Å². The molecule has 3 aromatic rings. The largest absolute Gasteiger partial charge is 0.507 e. The molecule has 0 aliphatic carbocycles. The molecule has 1 atom stereocenters. The van der Waals surface area contributed by atoms with Crippen molar-refractivity contribution < 1.29 is 33.6 Å². The minimum Gasteiger partial charge on any atom is -0.507 e. The van der Waals surface area contributed by atoms with E-state index in [0.717, 1.165) is 12.0 Å². The molecule has 0 radical (unpaired) electrons. The van der Waals surface area contributed by atoms with E-state index >= 15 is 0 Å². The number of methoxy groups -OCH3 is 1. The molecular formula is C33H35NO7. The number of ketones is 1. The van der Waals surface area contributed by atoms with Gasteiger partial charge in [0.2, 0.25) is 0 Å². The first-order valence-corrected chi connectivity index (χ1v) is 13.9. The zero-order valence-corrected chi connectivity index (χ0v) is 23.6. The molecule has 2 heterocycles. The molecule has 2 aliphatic heterocycles. The number of rotatable bonds is 10. The fraction of sp³-hybridized carbons (Fsp3) is 0.333. The van der Waals surface area contributed by atoms with Gasteiger partial charge >= 0.3 is 0 Å². The second-order valence-corrected chi connectivity index (χ2v) is 10.5. The Labute approximate surface area is 240 Å². The Morgan fingerprint density at radius 2 is 1.73 bits per heavy atom. The summed E-state index contributed by atoms with van der Waals surface area (Å²) in [4.78, 5) is 28.5. The van der Waals surface area contributed by atoms with Gasteiger partial charge < -0.3 is 29.0 Å². The highest BCUT2D eigenvalue weighted by Crippen LogP contribution is 2.43. The van der Waals surface area contributed by atoms with Crippen molar-refractivity contribution in [2.75, 3.05) is 33.5 Å². The van der Waals surface area contributed by atoms with Crippen LogP contribution in [0.4, 0.5) is 0 Å². The summed E-state index contributed by atoms with van der Waals surface area (Å²) in [6, 6.07) is 19.3. The van der Waals surface area contributed by atoms with Gasteiger partial charge in [0.25, 0.3) is 11.7 Å². The van der Waals surface area contributed by atoms with Crippen molar-refractivity contribution >= 4 is 17.4 Å². The third kappa shape index (κ3) is 6.01. The molecule has 214 valence electrons. The lowest BCUT2D eigenvalue weighted by molar-refractivity contribution is -0.139. The standard InChI is InChI=1S/C33H35NO7/c1-21(2)14-16-39-25-11-9-23(19-27(25)38-3)30-29(31(35)24-10-12-26-28(20-24)41-18-17-40-26)32(36)33(37)34(30)15-13-22-7-5-4-6-8-22/h4-12,19-21,30,35H,13-18H2,1-3H3/t30-/m0/s1. The number of amides is 1. The Bertz CT molecular complexity index is 1450. The number of hydrogen-bond donors (Lipinski definition) is 1. The molecule has 0 spiro atoms. The van der Waals surface area contributed by atoms with Gasteiger partial charge in [-0.3, -0.25) is 9.59 Å². The molecule has 3 aromatic carbocycles. The third-order valence-corrected chi connectivity index (χ3v) is 7.30. The van der Waals surface area contributed by atoms with Crippen molar-refractivity contribution in [3.63, 3.8) is 0 Å². The molecule has 0 aromatic heterocycles. The normalized spacial score (nSPS) is 17.7. The van der Waals surface area contributed by atoms with E-state index < -0.39 is 17.7 Å². The SMILES string of the molecule is COc1cc([C@H]2C(=C(O)c3ccc4c(c3)OCCO4)C(=O)C(=O)N2CCc2ccccc2)ccc1OCCC(C)C. The average Bonchev–Trinajstić information content (AvgIpc) is 3.24. The van der Waals surface area contributed by atoms with Crippen molar-refractivity contribution in [1.29, 1.82) is 0 Å². The number of hydrogen-bond acceptors (Lipinski definition) is 7. The van der Waals surface area contributed by atoms with Crippen LogP contribution < -0.4 is 18.9 Å². The minimum atomic E-state index is -0.828. The summed E-state index contributed by atoms with van der Waals surface area (Å²) in [5.41, 5.74) is 2.03. The van der Waals surface area contributed by atoms with E-state index in [1.165, 1.54) is 4.90 Å². The van der Waals surface area contributed by atoms with Gasteiger partial charge in [-0.1, -0.05) is 50.2 Å². The Morgan fingerprint density at radius 1 is 0.976 bits per heavy atom. The van der Waals surface area contributed by atoms with Gasteiger partial charge in [0, 0.05) is 12.1 Å². The van der Waals surface area contributed by atoms with Crippen LogP contribution in [0, 0.1) is 5.92 Å². The van der Waals surface area contributed by atoms with Crippen LogP contribution in [0.5, 0.6) is 23.0 Å². The molecule has 0 unspecified atom stereocenters. The predicted molar refractivity (Wildman–Crippen MR) is 155 cm³/mol. The monoisotopic (exact) mass is 557 g/mol. The van der Waals surface area contributed by atoms with E-state index in [4.69, 9.17) is 18.9 Å². The fourth-order valence-corrected chi connectivity index (χ4v) is 5.08. The van der Waals surface area contributed by atoms with Gasteiger partial charge in [-0.15, -0.1) is 0 Å². The lowest BCUT2D eigenvalue weighted by Crippen LogP contribution is -2.31. The maximum atomic E-state index is 13.5. The first kappa shape index (κ1) is 28.1. The molecule has 1 amide bonds. The number of carbonyl (C=O) groups excluding carboxylic acids is 2. The first-order chi connectivity index (χ1) is 19.9. The maximum absolute atomic E-state index is 13.5. The number of aliphatic hydroxyl groups is 1. The molecule has 41 heavy (non-hydrogen) atoms. The number of fused-ring (bicyclic) bond motifs is 1. The molecule has 0 saturated carbocycles. The number of benzene rings is 3. The average molecular weight is 558 g/mol. The third-order valence-electron chi connectivity index (χ3n) is 7.30. The number of Topliss-reactive ketones (excluding diaryl/α,β-unsaturated/α-hetero) is 1. The predicted octanol–water partition coefficient (Wildman–Crippen LogP) is 5.56. The van der Waals surface area contributed by atoms with Gasteiger partial charge in [-0.2, -0.15) is 0 Å². The summed E-state index contributed by atoms with van der Waals surface area (Å²) in [7, 11) is 1.55. The highest BCUT2D eigenvalue weighted by Gasteiger charge is 2.46. The van der Waals surface area contributed by atoms with Crippen LogP contribution in [0.25, 0.3) is 5.76 Å². The zero-order chi connectivity index (χ0) is 28.9. The Hall–Kier alpha value is -4.46. The molecule has 1 fully saturated rings. The summed E-state index contributed by atoms with van der Waals surface area (Å²) < 4.78 is 22.9. The van der Waals surface area contributed by atoms with Crippen LogP contribution in [-0.2, 0) is 16.0 Å². The second-order valence-electron chi connectivity index (χ2n) is 10.5. The topological polar surface area (TPSA) is 94.5 Å². The van der Waals surface area contributed by atoms with Crippen LogP contribution in [-0.4, -0.2) is 55.2 Å². The lowest BCUT2D eigenvalue weighted by atomic mass is 9.94. The number of nitrogens with zero attached hydrogens (tertiary/aromatic N) is 1. The van der Waals surface area contributed by atoms with E-state index in [9.17, 15) is 14.7 Å². The van der Waals surface area contributed by atoms with Gasteiger partial charge in [0.1, 0.15) is 19.0 Å². The summed E-state index contributed by atoms with van der Waals surface area (Å²) in [5.74, 6) is 0.899. The van der Waals surface area contributed by atoms with Crippen molar-refractivity contribution in [3.05, 3.63) is 89.0 Å².